The summed E-state index contributed by atoms with van der Waals surface area (Å²) in [6, 6.07) is 28.5. The molecule has 0 bridgehead atoms. The van der Waals surface area contributed by atoms with Crippen LogP contribution in [0.4, 0.5) is 5.69 Å². The summed E-state index contributed by atoms with van der Waals surface area (Å²) in [5.74, 6) is 0.253. The molecule has 4 rings (SSSR count). The predicted octanol–water partition coefficient (Wildman–Crippen LogP) is 5.85. The van der Waals surface area contributed by atoms with Gasteiger partial charge in [-0.2, -0.15) is 0 Å². The van der Waals surface area contributed by atoms with E-state index in [1.165, 1.54) is 37.3 Å². The Bertz CT molecular complexity index is 1770. The highest BCUT2D eigenvalue weighted by Gasteiger charge is 2.35. The van der Waals surface area contributed by atoms with Crippen molar-refractivity contribution in [2.45, 2.75) is 57.1 Å². The second kappa shape index (κ2) is 17.4. The monoisotopic (exact) mass is 687 g/mol. The lowest BCUT2D eigenvalue weighted by atomic mass is 10.0. The van der Waals surface area contributed by atoms with Gasteiger partial charge in [0.1, 0.15) is 18.3 Å². The molecule has 0 radical (unpaired) electrons. The maximum atomic E-state index is 14.7. The molecular weight excluding hydrogens is 642 g/mol. The third-order valence-electron chi connectivity index (χ3n) is 8.13. The van der Waals surface area contributed by atoms with Gasteiger partial charge in [-0.1, -0.05) is 67.6 Å². The Labute approximate surface area is 289 Å². The number of sulfonamides is 1. The molecule has 0 unspecified atom stereocenters. The molecule has 0 aliphatic carbocycles. The molecule has 11 heteroatoms. The molecule has 260 valence electrons. The van der Waals surface area contributed by atoms with E-state index < -0.39 is 28.5 Å². The maximum Gasteiger partial charge on any atom is 0.264 e. The molecule has 4 aromatic carbocycles. The summed E-state index contributed by atoms with van der Waals surface area (Å²) < 4.78 is 46.3. The first kappa shape index (κ1) is 36.8. The Morgan fingerprint density at radius 3 is 1.98 bits per heavy atom. The minimum absolute atomic E-state index is 0.0820. The number of amides is 2. The Morgan fingerprint density at radius 1 is 0.796 bits per heavy atom. The lowest BCUT2D eigenvalue weighted by Gasteiger charge is -2.34. The summed E-state index contributed by atoms with van der Waals surface area (Å²) in [6.45, 7) is 5.66. The van der Waals surface area contributed by atoms with Crippen LogP contribution >= 0.6 is 0 Å². The summed E-state index contributed by atoms with van der Waals surface area (Å²) in [6.07, 6.45) is 0.929. The fraction of sp³-hybridized carbons (Fsp3) is 0.316. The van der Waals surface area contributed by atoms with E-state index in [2.05, 4.69) is 5.32 Å². The van der Waals surface area contributed by atoms with Gasteiger partial charge in [0.15, 0.2) is 11.5 Å². The average molecular weight is 688 g/mol. The Morgan fingerprint density at radius 2 is 1.41 bits per heavy atom. The molecule has 0 aromatic heterocycles. The van der Waals surface area contributed by atoms with Crippen molar-refractivity contribution in [3.05, 3.63) is 114 Å². The first-order valence-electron chi connectivity index (χ1n) is 16.3. The van der Waals surface area contributed by atoms with Crippen LogP contribution in [0.5, 0.6) is 17.2 Å². The summed E-state index contributed by atoms with van der Waals surface area (Å²) in [4.78, 5) is 30.0. The smallest absolute Gasteiger partial charge is 0.264 e. The average Bonchev–Trinajstić information content (AvgIpc) is 3.12. The number of methoxy groups -OCH3 is 2. The number of hydrogen-bond acceptors (Lipinski definition) is 7. The fourth-order valence-corrected chi connectivity index (χ4v) is 6.71. The van der Waals surface area contributed by atoms with Crippen LogP contribution in [0.25, 0.3) is 0 Å². The highest BCUT2D eigenvalue weighted by atomic mass is 32.2. The lowest BCUT2D eigenvalue weighted by Crippen LogP contribution is -2.54. The molecule has 4 aromatic rings. The van der Waals surface area contributed by atoms with Crippen molar-refractivity contribution in [1.29, 1.82) is 0 Å². The standard InChI is InChI=1S/C38H45N3O7S/c1-6-28(3)39-38(43)34(24-29-14-10-8-11-15-29)40(26-30-16-12-9-13-17-30)37(42)27-41(31-18-20-32(21-19-31)48-7-2)49(44,45)33-22-23-35(46-4)36(25-33)47-5/h8-23,25,28,34H,6-7,24,26-27H2,1-5H3,(H,39,43)/t28-,34-/m0/s1. The minimum atomic E-state index is -4.36. The van der Waals surface area contributed by atoms with Crippen LogP contribution in [0.3, 0.4) is 0 Å². The molecule has 0 fully saturated rings. The quantitative estimate of drug-likeness (QED) is 0.148. The maximum absolute atomic E-state index is 14.7. The van der Waals surface area contributed by atoms with Crippen LogP contribution in [0.15, 0.2) is 108 Å². The molecule has 0 spiro atoms. The Hall–Kier alpha value is -5.03. The summed E-state index contributed by atoms with van der Waals surface area (Å²) >= 11 is 0. The fourth-order valence-electron chi connectivity index (χ4n) is 5.28. The number of ether oxygens (including phenoxy) is 3. The zero-order valence-electron chi connectivity index (χ0n) is 28.7. The molecule has 49 heavy (non-hydrogen) atoms. The van der Waals surface area contributed by atoms with Gasteiger partial charge in [-0.25, -0.2) is 8.42 Å². The zero-order valence-corrected chi connectivity index (χ0v) is 29.5. The van der Waals surface area contributed by atoms with Gasteiger partial charge in [0, 0.05) is 25.1 Å². The summed E-state index contributed by atoms with van der Waals surface area (Å²) in [5.41, 5.74) is 1.90. The molecule has 10 nitrogen and oxygen atoms in total. The number of nitrogens with one attached hydrogen (secondary N) is 1. The van der Waals surface area contributed by atoms with E-state index in [9.17, 15) is 18.0 Å². The van der Waals surface area contributed by atoms with Crippen molar-refractivity contribution < 1.29 is 32.2 Å². The van der Waals surface area contributed by atoms with Crippen LogP contribution in [0.2, 0.25) is 0 Å². The highest BCUT2D eigenvalue weighted by Crippen LogP contribution is 2.33. The highest BCUT2D eigenvalue weighted by molar-refractivity contribution is 7.92. The van der Waals surface area contributed by atoms with Crippen molar-refractivity contribution in [3.63, 3.8) is 0 Å². The Balaban J connectivity index is 1.82. The number of carbonyl (C=O) groups excluding carboxylic acids is 2. The molecule has 0 saturated carbocycles. The van der Waals surface area contributed by atoms with E-state index >= 15 is 0 Å². The normalized spacial score (nSPS) is 12.3. The molecule has 0 saturated heterocycles. The van der Waals surface area contributed by atoms with Crippen LogP contribution in [-0.2, 0) is 32.6 Å². The van der Waals surface area contributed by atoms with E-state index in [-0.39, 0.29) is 41.2 Å². The van der Waals surface area contributed by atoms with Crippen molar-refractivity contribution in [1.82, 2.24) is 10.2 Å². The molecular formula is C38H45N3O7S. The number of hydrogen-bond donors (Lipinski definition) is 1. The SMILES string of the molecule is CCOc1ccc(N(CC(=O)N(Cc2ccccc2)[C@@H](Cc2ccccc2)C(=O)N[C@@H](C)CC)S(=O)(=O)c2ccc(OC)c(OC)c2)cc1. The molecule has 0 heterocycles. The zero-order chi connectivity index (χ0) is 35.4. The van der Waals surface area contributed by atoms with Gasteiger partial charge in [-0.05, 0) is 67.8 Å². The van der Waals surface area contributed by atoms with E-state index in [0.29, 0.717) is 24.5 Å². The molecule has 2 atom stereocenters. The number of carbonyl (C=O) groups is 2. The van der Waals surface area contributed by atoms with Gasteiger partial charge in [0.2, 0.25) is 11.8 Å². The van der Waals surface area contributed by atoms with Gasteiger partial charge < -0.3 is 24.4 Å². The van der Waals surface area contributed by atoms with Crippen molar-refractivity contribution >= 4 is 27.5 Å². The Kier molecular flexibility index (Phi) is 13.1. The predicted molar refractivity (Wildman–Crippen MR) is 191 cm³/mol. The van der Waals surface area contributed by atoms with E-state index in [0.717, 1.165) is 15.4 Å². The van der Waals surface area contributed by atoms with Crippen molar-refractivity contribution in [3.8, 4) is 17.2 Å². The second-order valence-electron chi connectivity index (χ2n) is 11.5. The molecule has 0 aliphatic rings. The van der Waals surface area contributed by atoms with Gasteiger partial charge in [0.25, 0.3) is 10.0 Å². The first-order valence-corrected chi connectivity index (χ1v) is 17.7. The number of anilines is 1. The topological polar surface area (TPSA) is 114 Å². The van der Waals surface area contributed by atoms with Gasteiger partial charge >= 0.3 is 0 Å². The molecule has 1 N–H and O–H groups in total. The largest absolute Gasteiger partial charge is 0.494 e. The van der Waals surface area contributed by atoms with Crippen molar-refractivity contribution in [2.24, 2.45) is 0 Å². The first-order chi connectivity index (χ1) is 23.6. The van der Waals surface area contributed by atoms with E-state index in [1.54, 1.807) is 24.3 Å². The number of nitrogens with zero attached hydrogens (tertiary/aromatic N) is 2. The lowest BCUT2D eigenvalue weighted by molar-refractivity contribution is -0.140. The summed E-state index contributed by atoms with van der Waals surface area (Å²) in [7, 11) is -1.48. The summed E-state index contributed by atoms with van der Waals surface area (Å²) in [5, 5.41) is 3.05. The molecule has 0 aliphatic heterocycles. The number of benzene rings is 4. The molecule has 2 amide bonds. The van der Waals surface area contributed by atoms with Gasteiger partial charge in [-0.15, -0.1) is 0 Å². The number of rotatable bonds is 17. The van der Waals surface area contributed by atoms with Crippen LogP contribution in [0, 0.1) is 0 Å². The van der Waals surface area contributed by atoms with Crippen molar-refractivity contribution in [2.75, 3.05) is 31.7 Å². The van der Waals surface area contributed by atoms with Crippen LogP contribution < -0.4 is 23.8 Å². The second-order valence-corrected chi connectivity index (χ2v) is 13.3. The van der Waals surface area contributed by atoms with E-state index in [4.69, 9.17) is 14.2 Å². The van der Waals surface area contributed by atoms with Gasteiger partial charge in [0.05, 0.1) is 31.4 Å². The van der Waals surface area contributed by atoms with E-state index in [1.807, 2.05) is 81.4 Å². The van der Waals surface area contributed by atoms with Crippen LogP contribution in [-0.4, -0.2) is 64.6 Å². The van der Waals surface area contributed by atoms with Gasteiger partial charge in [-0.3, -0.25) is 13.9 Å². The third kappa shape index (κ3) is 9.54. The van der Waals surface area contributed by atoms with Crippen LogP contribution in [0.1, 0.15) is 38.3 Å². The minimum Gasteiger partial charge on any atom is -0.494 e. The third-order valence-corrected chi connectivity index (χ3v) is 9.90.